The van der Waals surface area contributed by atoms with E-state index in [1.807, 2.05) is 0 Å². The molecular weight excluding hydrogens is 268 g/mol. The molecule has 0 aliphatic heterocycles. The second kappa shape index (κ2) is 7.20. The highest BCUT2D eigenvalue weighted by molar-refractivity contribution is 7.11. The van der Waals surface area contributed by atoms with E-state index in [1.54, 1.807) is 35.6 Å². The van der Waals surface area contributed by atoms with Crippen molar-refractivity contribution in [3.63, 3.8) is 0 Å². The highest BCUT2D eigenvalue weighted by Gasteiger charge is 2.07. The van der Waals surface area contributed by atoms with Crippen LogP contribution in [0.1, 0.15) is 33.9 Å². The number of aliphatic hydroxyl groups excluding tert-OH is 1. The molecule has 20 heavy (non-hydrogen) atoms. The van der Waals surface area contributed by atoms with Crippen molar-refractivity contribution in [2.45, 2.75) is 26.0 Å². The van der Waals surface area contributed by atoms with Gasteiger partial charge in [0.25, 0.3) is 0 Å². The van der Waals surface area contributed by atoms with Crippen LogP contribution in [-0.2, 0) is 13.0 Å². The van der Waals surface area contributed by atoms with Crippen LogP contribution in [0.2, 0.25) is 0 Å². The Morgan fingerprint density at radius 3 is 2.50 bits per heavy atom. The molecule has 104 valence electrons. The number of hydrogen-bond donors (Lipinski definition) is 2. The van der Waals surface area contributed by atoms with E-state index in [0.717, 1.165) is 18.5 Å². The van der Waals surface area contributed by atoms with Gasteiger partial charge in [0.1, 0.15) is 0 Å². The highest BCUT2D eigenvalue weighted by Crippen LogP contribution is 2.17. The average molecular weight is 286 g/mol. The molecule has 2 rings (SSSR count). The zero-order chi connectivity index (χ0) is 14.4. The third-order valence-corrected chi connectivity index (χ3v) is 4.36. The summed E-state index contributed by atoms with van der Waals surface area (Å²) >= 11 is 1.81. The van der Waals surface area contributed by atoms with Gasteiger partial charge in [-0.15, -0.1) is 11.3 Å². The molecule has 1 atom stereocenters. The van der Waals surface area contributed by atoms with Crippen molar-refractivity contribution in [1.82, 2.24) is 5.32 Å². The van der Waals surface area contributed by atoms with Crippen LogP contribution in [-0.4, -0.2) is 11.7 Å². The lowest BCUT2D eigenvalue weighted by molar-refractivity contribution is 0.174. The highest BCUT2D eigenvalue weighted by atomic mass is 32.1. The number of hydrogen-bond acceptors (Lipinski definition) is 4. The van der Waals surface area contributed by atoms with Crippen molar-refractivity contribution in [3.8, 4) is 6.07 Å². The molecule has 0 radical (unpaired) electrons. The predicted molar refractivity (Wildman–Crippen MR) is 81.5 cm³/mol. The fourth-order valence-electron chi connectivity index (χ4n) is 1.94. The minimum Gasteiger partial charge on any atom is -0.387 e. The number of aliphatic hydroxyl groups is 1. The first kappa shape index (κ1) is 14.7. The molecular formula is C16H18N2OS. The Morgan fingerprint density at radius 2 is 1.90 bits per heavy atom. The average Bonchev–Trinajstić information content (AvgIpc) is 2.95. The van der Waals surface area contributed by atoms with Crippen molar-refractivity contribution in [3.05, 3.63) is 57.3 Å². The first-order valence-corrected chi connectivity index (χ1v) is 7.51. The number of nitrogens with zero attached hydrogens (tertiary/aromatic N) is 1. The molecule has 1 aromatic carbocycles. The van der Waals surface area contributed by atoms with Gasteiger partial charge in [0.15, 0.2) is 0 Å². The van der Waals surface area contributed by atoms with Crippen molar-refractivity contribution >= 4 is 11.3 Å². The van der Waals surface area contributed by atoms with Gasteiger partial charge in [-0.25, -0.2) is 0 Å². The van der Waals surface area contributed by atoms with E-state index in [4.69, 9.17) is 5.26 Å². The monoisotopic (exact) mass is 286 g/mol. The van der Waals surface area contributed by atoms with E-state index in [9.17, 15) is 5.11 Å². The summed E-state index contributed by atoms with van der Waals surface area (Å²) in [5.41, 5.74) is 1.44. The van der Waals surface area contributed by atoms with Crippen LogP contribution in [0.3, 0.4) is 0 Å². The SMILES string of the molecule is CCc1ccc(CNCC(O)c2ccc(C#N)cc2)s1. The van der Waals surface area contributed by atoms with E-state index in [-0.39, 0.29) is 0 Å². The molecule has 0 spiro atoms. The minimum atomic E-state index is -0.548. The van der Waals surface area contributed by atoms with E-state index in [2.05, 4.69) is 30.4 Å². The smallest absolute Gasteiger partial charge is 0.0991 e. The molecule has 1 heterocycles. The fraction of sp³-hybridized carbons (Fsp3) is 0.312. The molecule has 4 heteroatoms. The summed E-state index contributed by atoms with van der Waals surface area (Å²) < 4.78 is 0. The van der Waals surface area contributed by atoms with Crippen LogP contribution in [0, 0.1) is 11.3 Å². The molecule has 2 aromatic rings. The number of nitrogens with one attached hydrogen (secondary N) is 1. The Labute approximate surface area is 123 Å². The molecule has 1 unspecified atom stereocenters. The van der Waals surface area contributed by atoms with Gasteiger partial charge in [0.05, 0.1) is 17.7 Å². The number of thiophene rings is 1. The third-order valence-electron chi connectivity index (χ3n) is 3.13. The Bertz CT molecular complexity index is 583. The van der Waals surface area contributed by atoms with Crippen LogP contribution < -0.4 is 5.32 Å². The molecule has 2 N–H and O–H groups in total. The normalized spacial score (nSPS) is 12.1. The van der Waals surface area contributed by atoms with Gasteiger partial charge in [-0.05, 0) is 36.2 Å². The van der Waals surface area contributed by atoms with Crippen LogP contribution in [0.25, 0.3) is 0 Å². The lowest BCUT2D eigenvalue weighted by atomic mass is 10.1. The van der Waals surface area contributed by atoms with E-state index in [0.29, 0.717) is 12.1 Å². The standard InChI is InChI=1S/C16H18N2OS/c1-2-14-7-8-15(20-14)10-18-11-16(19)13-5-3-12(9-17)4-6-13/h3-8,16,18-19H,2,10-11H2,1H3. The zero-order valence-corrected chi connectivity index (χ0v) is 12.3. The van der Waals surface area contributed by atoms with Crippen molar-refractivity contribution in [1.29, 1.82) is 5.26 Å². The Balaban J connectivity index is 1.82. The van der Waals surface area contributed by atoms with Crippen LogP contribution >= 0.6 is 11.3 Å². The summed E-state index contributed by atoms with van der Waals surface area (Å²) in [6.45, 7) is 3.43. The second-order valence-corrected chi connectivity index (χ2v) is 5.85. The maximum atomic E-state index is 10.1. The van der Waals surface area contributed by atoms with Gasteiger partial charge in [-0.2, -0.15) is 5.26 Å². The summed E-state index contributed by atoms with van der Waals surface area (Å²) in [6.07, 6.45) is 0.520. The molecule has 0 amide bonds. The zero-order valence-electron chi connectivity index (χ0n) is 11.5. The van der Waals surface area contributed by atoms with Crippen molar-refractivity contribution in [2.75, 3.05) is 6.54 Å². The summed E-state index contributed by atoms with van der Waals surface area (Å²) in [7, 11) is 0. The fourth-order valence-corrected chi connectivity index (χ4v) is 2.86. The summed E-state index contributed by atoms with van der Waals surface area (Å²) in [6, 6.07) is 13.4. The Hall–Kier alpha value is -1.67. The van der Waals surface area contributed by atoms with Gasteiger partial charge in [0.2, 0.25) is 0 Å². The molecule has 0 saturated heterocycles. The number of aryl methyl sites for hydroxylation is 1. The van der Waals surface area contributed by atoms with Crippen molar-refractivity contribution < 1.29 is 5.11 Å². The quantitative estimate of drug-likeness (QED) is 0.858. The van der Waals surface area contributed by atoms with E-state index < -0.39 is 6.10 Å². The molecule has 0 fully saturated rings. The van der Waals surface area contributed by atoms with Crippen LogP contribution in [0.4, 0.5) is 0 Å². The minimum absolute atomic E-state index is 0.505. The van der Waals surface area contributed by atoms with Gasteiger partial charge in [-0.1, -0.05) is 19.1 Å². The maximum absolute atomic E-state index is 10.1. The number of nitriles is 1. The number of rotatable bonds is 6. The van der Waals surface area contributed by atoms with Gasteiger partial charge in [0, 0.05) is 22.8 Å². The van der Waals surface area contributed by atoms with E-state index >= 15 is 0 Å². The molecule has 0 aliphatic carbocycles. The molecule has 0 saturated carbocycles. The predicted octanol–water partition coefficient (Wildman–Crippen LogP) is 3.01. The molecule has 0 bridgehead atoms. The molecule has 0 aliphatic rings. The van der Waals surface area contributed by atoms with Crippen LogP contribution in [0.15, 0.2) is 36.4 Å². The third kappa shape index (κ3) is 3.91. The van der Waals surface area contributed by atoms with Gasteiger partial charge in [-0.3, -0.25) is 0 Å². The Kier molecular flexibility index (Phi) is 5.31. The topological polar surface area (TPSA) is 56.0 Å². The van der Waals surface area contributed by atoms with Gasteiger partial charge >= 0.3 is 0 Å². The Morgan fingerprint density at radius 1 is 1.20 bits per heavy atom. The summed E-state index contributed by atoms with van der Waals surface area (Å²) in [5, 5.41) is 22.1. The first-order valence-electron chi connectivity index (χ1n) is 6.69. The molecule has 3 nitrogen and oxygen atoms in total. The number of benzene rings is 1. The van der Waals surface area contributed by atoms with Crippen LogP contribution in [0.5, 0.6) is 0 Å². The summed E-state index contributed by atoms with van der Waals surface area (Å²) in [4.78, 5) is 2.67. The second-order valence-electron chi connectivity index (χ2n) is 4.60. The lowest BCUT2D eigenvalue weighted by Gasteiger charge is -2.11. The largest absolute Gasteiger partial charge is 0.387 e. The van der Waals surface area contributed by atoms with E-state index in [1.165, 1.54) is 9.75 Å². The summed E-state index contributed by atoms with van der Waals surface area (Å²) in [5.74, 6) is 0. The first-order chi connectivity index (χ1) is 9.72. The molecule has 1 aromatic heterocycles. The van der Waals surface area contributed by atoms with Crippen molar-refractivity contribution in [2.24, 2.45) is 0 Å². The van der Waals surface area contributed by atoms with Gasteiger partial charge < -0.3 is 10.4 Å². The maximum Gasteiger partial charge on any atom is 0.0991 e. The lowest BCUT2D eigenvalue weighted by Crippen LogP contribution is -2.20.